The van der Waals surface area contributed by atoms with Crippen molar-refractivity contribution in [2.24, 2.45) is 0 Å². The number of halogens is 3. The number of carbonyl (C=O) groups is 1. The summed E-state index contributed by atoms with van der Waals surface area (Å²) >= 11 is 1.18. The molecule has 0 aliphatic carbocycles. The molecule has 0 saturated heterocycles. The predicted octanol–water partition coefficient (Wildman–Crippen LogP) is 3.04. The van der Waals surface area contributed by atoms with Crippen molar-refractivity contribution in [2.45, 2.75) is 6.18 Å². The summed E-state index contributed by atoms with van der Waals surface area (Å²) in [7, 11) is 0. The van der Waals surface area contributed by atoms with Gasteiger partial charge in [0.15, 0.2) is 6.29 Å². The summed E-state index contributed by atoms with van der Waals surface area (Å²) in [5.74, 6) is 0. The van der Waals surface area contributed by atoms with Crippen LogP contribution in [0.3, 0.4) is 0 Å². The minimum Gasteiger partial charge on any atom is -0.296 e. The lowest BCUT2D eigenvalue weighted by Crippen LogP contribution is -2.07. The minimum atomic E-state index is -4.45. The van der Waals surface area contributed by atoms with Crippen molar-refractivity contribution in [3.8, 4) is 10.6 Å². The molecule has 0 amide bonds. The summed E-state index contributed by atoms with van der Waals surface area (Å²) in [6, 6.07) is 2.17. The quantitative estimate of drug-likeness (QED) is 0.777. The van der Waals surface area contributed by atoms with Gasteiger partial charge in [0.1, 0.15) is 16.4 Å². The number of alkyl halides is 3. The highest BCUT2D eigenvalue weighted by Gasteiger charge is 2.32. The summed E-state index contributed by atoms with van der Waals surface area (Å²) in [5, 5.41) is 1.99. The molecule has 0 atom stereocenters. The maximum absolute atomic E-state index is 12.3. The Bertz CT molecular complexity index is 533. The van der Waals surface area contributed by atoms with Crippen LogP contribution in [0.4, 0.5) is 13.2 Å². The van der Waals surface area contributed by atoms with Gasteiger partial charge in [-0.05, 0) is 12.1 Å². The molecule has 0 unspecified atom stereocenters. The number of rotatable bonds is 2. The second-order valence-electron chi connectivity index (χ2n) is 3.13. The van der Waals surface area contributed by atoms with Gasteiger partial charge in [-0.25, -0.2) is 4.98 Å². The Morgan fingerprint density at radius 3 is 2.53 bits per heavy atom. The molecule has 7 heteroatoms. The summed E-state index contributed by atoms with van der Waals surface area (Å²) in [5.41, 5.74) is -0.241. The summed E-state index contributed by atoms with van der Waals surface area (Å²) in [6.07, 6.45) is -2.77. The van der Waals surface area contributed by atoms with E-state index in [1.165, 1.54) is 22.8 Å². The van der Waals surface area contributed by atoms with Crippen LogP contribution in [0, 0.1) is 0 Å². The second-order valence-corrected chi connectivity index (χ2v) is 3.98. The monoisotopic (exact) mass is 258 g/mol. The van der Waals surface area contributed by atoms with E-state index >= 15 is 0 Å². The normalized spacial score (nSPS) is 11.5. The van der Waals surface area contributed by atoms with Crippen LogP contribution in [0.1, 0.15) is 16.2 Å². The molecule has 2 heterocycles. The molecule has 0 spiro atoms. The van der Waals surface area contributed by atoms with E-state index < -0.39 is 11.9 Å². The van der Waals surface area contributed by atoms with Crippen molar-refractivity contribution in [1.82, 2.24) is 9.97 Å². The average Bonchev–Trinajstić information content (AvgIpc) is 2.76. The van der Waals surface area contributed by atoms with E-state index in [2.05, 4.69) is 9.97 Å². The van der Waals surface area contributed by atoms with Gasteiger partial charge in [0.05, 0.1) is 0 Å². The van der Waals surface area contributed by atoms with Crippen LogP contribution in [0.5, 0.6) is 0 Å². The standard InChI is InChI=1S/C10H5F3N2OS/c11-10(12,13)8-2-1-6(3-14-8)9-15-7(4-16)5-17-9/h1-5H. The van der Waals surface area contributed by atoms with Gasteiger partial charge in [0, 0.05) is 17.1 Å². The van der Waals surface area contributed by atoms with Gasteiger partial charge in [-0.2, -0.15) is 13.2 Å². The number of nitrogens with zero attached hydrogens (tertiary/aromatic N) is 2. The van der Waals surface area contributed by atoms with E-state index in [4.69, 9.17) is 0 Å². The first-order chi connectivity index (χ1) is 8.00. The third kappa shape index (κ3) is 2.50. The van der Waals surface area contributed by atoms with Crippen LogP contribution in [-0.2, 0) is 6.18 Å². The fourth-order valence-corrected chi connectivity index (χ4v) is 1.92. The Labute approximate surface area is 98.0 Å². The smallest absolute Gasteiger partial charge is 0.296 e. The minimum absolute atomic E-state index is 0.255. The highest BCUT2D eigenvalue weighted by atomic mass is 32.1. The number of pyridine rings is 1. The Balaban J connectivity index is 2.32. The van der Waals surface area contributed by atoms with Crippen molar-refractivity contribution < 1.29 is 18.0 Å². The molecule has 2 aromatic rings. The summed E-state index contributed by atoms with van der Waals surface area (Å²) in [6.45, 7) is 0. The lowest BCUT2D eigenvalue weighted by molar-refractivity contribution is -0.141. The highest BCUT2D eigenvalue weighted by Crippen LogP contribution is 2.29. The molecule has 17 heavy (non-hydrogen) atoms. The molecule has 0 aromatic carbocycles. The molecule has 3 nitrogen and oxygen atoms in total. The van der Waals surface area contributed by atoms with Crippen LogP contribution >= 0.6 is 11.3 Å². The van der Waals surface area contributed by atoms with Crippen molar-refractivity contribution in [2.75, 3.05) is 0 Å². The molecular weight excluding hydrogens is 253 g/mol. The molecule has 0 fully saturated rings. The lowest BCUT2D eigenvalue weighted by atomic mass is 10.2. The summed E-state index contributed by atoms with van der Waals surface area (Å²) < 4.78 is 36.8. The topological polar surface area (TPSA) is 42.9 Å². The molecule has 2 aromatic heterocycles. The first-order valence-corrected chi connectivity index (χ1v) is 5.33. The zero-order valence-corrected chi connectivity index (χ0v) is 9.05. The molecule has 0 bridgehead atoms. The van der Waals surface area contributed by atoms with Crippen LogP contribution < -0.4 is 0 Å². The van der Waals surface area contributed by atoms with Gasteiger partial charge in [-0.3, -0.25) is 9.78 Å². The number of hydrogen-bond acceptors (Lipinski definition) is 4. The Morgan fingerprint density at radius 2 is 2.06 bits per heavy atom. The van der Waals surface area contributed by atoms with Gasteiger partial charge >= 0.3 is 6.18 Å². The Kier molecular flexibility index (Phi) is 2.93. The molecular formula is C10H5F3N2OS. The fraction of sp³-hybridized carbons (Fsp3) is 0.100. The SMILES string of the molecule is O=Cc1csc(-c2ccc(C(F)(F)F)nc2)n1. The maximum atomic E-state index is 12.3. The van der Waals surface area contributed by atoms with Gasteiger partial charge < -0.3 is 0 Å². The van der Waals surface area contributed by atoms with Crippen molar-refractivity contribution >= 4 is 17.6 Å². The van der Waals surface area contributed by atoms with E-state index in [9.17, 15) is 18.0 Å². The van der Waals surface area contributed by atoms with Gasteiger partial charge in [0.25, 0.3) is 0 Å². The van der Waals surface area contributed by atoms with Gasteiger partial charge in [0.2, 0.25) is 0 Å². The number of hydrogen-bond donors (Lipinski definition) is 0. The maximum Gasteiger partial charge on any atom is 0.433 e. The molecule has 0 aliphatic rings. The first kappa shape index (κ1) is 11.7. The highest BCUT2D eigenvalue weighted by molar-refractivity contribution is 7.13. The van der Waals surface area contributed by atoms with E-state index in [1.54, 1.807) is 0 Å². The number of aldehydes is 1. The van der Waals surface area contributed by atoms with E-state index in [0.717, 1.165) is 12.3 Å². The molecule has 88 valence electrons. The van der Waals surface area contributed by atoms with Crippen molar-refractivity contribution in [3.63, 3.8) is 0 Å². The van der Waals surface area contributed by atoms with Crippen molar-refractivity contribution in [1.29, 1.82) is 0 Å². The molecule has 0 saturated carbocycles. The predicted molar refractivity (Wildman–Crippen MR) is 55.7 cm³/mol. The summed E-state index contributed by atoms with van der Waals surface area (Å²) in [4.78, 5) is 17.7. The first-order valence-electron chi connectivity index (χ1n) is 4.45. The van der Waals surface area contributed by atoms with Gasteiger partial charge in [-0.15, -0.1) is 11.3 Å². The molecule has 0 N–H and O–H groups in total. The molecule has 0 radical (unpaired) electrons. The van der Waals surface area contributed by atoms with Crippen LogP contribution in [0.15, 0.2) is 23.7 Å². The number of thiazole rings is 1. The largest absolute Gasteiger partial charge is 0.433 e. The van der Waals surface area contributed by atoms with Crippen LogP contribution in [-0.4, -0.2) is 16.3 Å². The average molecular weight is 258 g/mol. The van der Waals surface area contributed by atoms with E-state index in [1.807, 2.05) is 0 Å². The third-order valence-corrected chi connectivity index (χ3v) is 2.85. The Hall–Kier alpha value is -1.76. The zero-order valence-electron chi connectivity index (χ0n) is 8.23. The zero-order chi connectivity index (χ0) is 12.5. The van der Waals surface area contributed by atoms with Crippen LogP contribution in [0.25, 0.3) is 10.6 Å². The Morgan fingerprint density at radius 1 is 1.29 bits per heavy atom. The molecule has 2 rings (SSSR count). The third-order valence-electron chi connectivity index (χ3n) is 1.94. The second kappa shape index (κ2) is 4.25. The molecule has 0 aliphatic heterocycles. The van der Waals surface area contributed by atoms with Crippen LogP contribution in [0.2, 0.25) is 0 Å². The fourth-order valence-electron chi connectivity index (χ4n) is 1.16. The van der Waals surface area contributed by atoms with Crippen molar-refractivity contribution in [3.05, 3.63) is 35.1 Å². The number of carbonyl (C=O) groups excluding carboxylic acids is 1. The van der Waals surface area contributed by atoms with E-state index in [0.29, 0.717) is 16.9 Å². The van der Waals surface area contributed by atoms with E-state index in [-0.39, 0.29) is 5.69 Å². The van der Waals surface area contributed by atoms with Gasteiger partial charge in [-0.1, -0.05) is 0 Å². The number of aromatic nitrogens is 2. The lowest BCUT2D eigenvalue weighted by Gasteiger charge is -2.04.